The molecule has 11 aromatic rings. The smallest absolute Gasteiger partial charge is 0.412 e. The van der Waals surface area contributed by atoms with Crippen LogP contribution in [0, 0.1) is 186 Å². The third-order valence-electron chi connectivity index (χ3n) is 19.7. The van der Waals surface area contributed by atoms with Gasteiger partial charge in [-0.3, -0.25) is 0 Å². The molecular formula is C83H64AuB2Cl6F30N3P+. The third kappa shape index (κ3) is 19.3. The molecule has 0 unspecified atom stereocenters. The molecule has 1 aromatic heterocycles. The minimum Gasteiger partial charge on any atom is -0.412 e. The zero-order chi connectivity index (χ0) is 95.5. The van der Waals surface area contributed by atoms with Crippen molar-refractivity contribution in [1.29, 1.82) is 5.26 Å². The van der Waals surface area contributed by atoms with Crippen LogP contribution in [0.4, 0.5) is 132 Å². The van der Waals surface area contributed by atoms with Gasteiger partial charge in [0, 0.05) is 20.4 Å². The van der Waals surface area contributed by atoms with E-state index in [2.05, 4.69) is 119 Å². The van der Waals surface area contributed by atoms with E-state index in [0.717, 1.165) is 0 Å². The van der Waals surface area contributed by atoms with Gasteiger partial charge in [0.1, 0.15) is 86.1 Å². The van der Waals surface area contributed by atoms with Crippen LogP contribution in [0.5, 0.6) is 0 Å². The van der Waals surface area contributed by atoms with Crippen LogP contribution < -0.4 is 42.6 Å². The van der Waals surface area contributed by atoms with E-state index < -0.39 is 259 Å². The van der Waals surface area contributed by atoms with Crippen LogP contribution >= 0.6 is 77.5 Å². The van der Waals surface area contributed by atoms with Crippen molar-refractivity contribution in [3.8, 4) is 28.6 Å². The molecule has 126 heavy (non-hydrogen) atoms. The Kier molecular flexibility index (Phi) is 37.3. The van der Waals surface area contributed by atoms with Crippen molar-refractivity contribution >= 4 is 139 Å². The van der Waals surface area contributed by atoms with Crippen molar-refractivity contribution in [3.05, 3.63) is 282 Å². The third-order valence-corrected chi connectivity index (χ3v) is 23.7. The van der Waals surface area contributed by atoms with Gasteiger partial charge in [0.05, 0.1) is 38.0 Å². The number of imidazole rings is 1. The fraction of sp³-hybridized carbons (Fsp3) is 0.253. The molecule has 684 valence electrons. The maximum absolute atomic E-state index is 17.3. The van der Waals surface area contributed by atoms with Gasteiger partial charge in [-0.15, -0.1) is 69.6 Å². The molecule has 0 spiro atoms. The minimum absolute atomic E-state index is 0. The van der Waals surface area contributed by atoms with Gasteiger partial charge >= 0.3 is 22.4 Å². The Morgan fingerprint density at radius 2 is 0.579 bits per heavy atom. The molecule has 0 saturated heterocycles. The first-order chi connectivity index (χ1) is 58.1. The van der Waals surface area contributed by atoms with E-state index in [0.29, 0.717) is 36.0 Å². The van der Waals surface area contributed by atoms with Gasteiger partial charge in [0.15, 0.2) is 111 Å². The zero-order valence-corrected chi connectivity index (χ0v) is 74.6. The average molecular weight is 2140 g/mol. The maximum atomic E-state index is 17.3. The van der Waals surface area contributed by atoms with Gasteiger partial charge in [-0.2, -0.15) is 5.26 Å². The number of rotatable bonds is 14. The molecule has 0 aliphatic rings. The van der Waals surface area contributed by atoms with Gasteiger partial charge < -0.3 is 8.96 Å². The molecule has 0 fully saturated rings. The summed E-state index contributed by atoms with van der Waals surface area (Å²) < 4.78 is 489. The number of nitrogens with zero attached hydrogens (tertiary/aromatic N) is 3. The Balaban J connectivity index is 0.000000543. The van der Waals surface area contributed by atoms with Crippen molar-refractivity contribution < 1.29 is 159 Å². The Morgan fingerprint density at radius 1 is 0.349 bits per heavy atom. The Hall–Kier alpha value is -7.90. The first-order valence-electron chi connectivity index (χ1n) is 35.9. The van der Waals surface area contributed by atoms with Crippen LogP contribution in [0.15, 0.2) is 91.0 Å². The van der Waals surface area contributed by atoms with E-state index in [-0.39, 0.29) is 85.1 Å². The van der Waals surface area contributed by atoms with E-state index in [1.165, 1.54) is 34.7 Å². The van der Waals surface area contributed by atoms with E-state index >= 15 is 132 Å². The number of fused-ring (bicyclic) bond motifs is 1. The molecule has 0 atom stereocenters. The number of hydrogen-bond acceptors (Lipinski definition) is 1. The molecule has 0 aliphatic heterocycles. The molecule has 3 nitrogen and oxygen atoms in total. The van der Waals surface area contributed by atoms with Crippen LogP contribution in [0.25, 0.3) is 33.5 Å². The second-order valence-electron chi connectivity index (χ2n) is 29.9. The molecule has 43 heteroatoms. The van der Waals surface area contributed by atoms with Gasteiger partial charge in [-0.25, -0.2) is 132 Å². The number of para-hydroxylation sites is 2. The predicted octanol–water partition coefficient (Wildman–Crippen LogP) is 24.8. The molecule has 1 heterocycles. The quantitative estimate of drug-likeness (QED) is 0.0267. The van der Waals surface area contributed by atoms with E-state index in [4.69, 9.17) is 74.9 Å². The van der Waals surface area contributed by atoms with Crippen molar-refractivity contribution in [3.63, 3.8) is 0 Å². The average Bonchev–Trinajstić information content (AvgIpc) is 1.43. The summed E-state index contributed by atoms with van der Waals surface area (Å²) in [6, 6.07) is 17.7. The summed E-state index contributed by atoms with van der Waals surface area (Å²) in [5.41, 5.74) is -21.2. The van der Waals surface area contributed by atoms with Gasteiger partial charge in [-0.05, 0) is 112 Å². The molecule has 0 radical (unpaired) electrons. The summed E-state index contributed by atoms with van der Waals surface area (Å²) in [7, 11) is -0.840. The normalized spacial score (nSPS) is 11.7. The number of hydrogen-bond donors (Lipinski definition) is 0. The maximum Gasteiger partial charge on any atom is 1.00 e. The SMILES string of the molecule is CC#N.CC(C)c1cc(C(C)C)c(-c2ccccc2[PH+](C(C)(C)C)C(C)(C)C)c(C(C)C)c1.ClCCl.ClCCl.ClCCl.Fc1c(F)c(F)c([B-](c2c(F)c(F)c(F)c(F)c2F)(c2c(F)c(F)c(F)c(F)c2F)n2c(-c3ccccc3)[n+]([B-](c3c(F)c(F)c(F)c(F)c3F)(c3c(F)c(F)c(F)c(F)c3F)c3c(F)c(F)c(F)c(F)c3F)c3ccccc32)c(F)c1F.[Au+]. The van der Waals surface area contributed by atoms with Crippen molar-refractivity contribution in [2.24, 2.45) is 0 Å². The van der Waals surface area contributed by atoms with Crippen LogP contribution in [0.3, 0.4) is 0 Å². The summed E-state index contributed by atoms with van der Waals surface area (Å²) in [4.78, 5) is 0. The number of aromatic nitrogens is 2. The van der Waals surface area contributed by atoms with Crippen LogP contribution in [0.1, 0.15) is 124 Å². The fourth-order valence-corrected chi connectivity index (χ4v) is 20.2. The standard InChI is InChI=1S/C49H9B2F30N2.C29H45P.C2H3N.3CH2Cl2.Au/c52-19-13(20(53)32(65)43(76)31(19)64)50(14-21(54)33(66)44(77)34(67)22(14)55,15-23(56)35(68)45(78)36(69)24(15)57)82-11-8-4-5-9-12(11)83(49(82)10-6-2-1-3-7-10)51(16-25(58)37(70)46(79)38(71)26(16)59,17-27(60)39(72)47(80)40(73)28(17)61)18-29(62)41(74)48(81)42(75)30(18)63;1-19(2)22-17-24(20(3)4)27(25(18-22)21(5)6)23-15-13-14-16-26(23)30(28(7,8)9)29(10,11)12;1-2-3;3*2-1-3;/h1-9H;13-21H,1-12H3;1H3;3*1H2;/q-1;;;;;;+1/p+1. The molecule has 0 N–H and O–H groups in total. The first-order valence-corrected chi connectivity index (χ1v) is 40.6. The van der Waals surface area contributed by atoms with Gasteiger partial charge in [-0.1, -0.05) is 135 Å². The predicted molar refractivity (Wildman–Crippen MR) is 428 cm³/mol. The number of alkyl halides is 6. The second kappa shape index (κ2) is 43.2. The van der Waals surface area contributed by atoms with E-state index in [1.807, 2.05) is 0 Å². The van der Waals surface area contributed by atoms with Gasteiger partial charge in [0.25, 0.3) is 12.6 Å². The largest absolute Gasteiger partial charge is 1.00 e. The summed E-state index contributed by atoms with van der Waals surface area (Å²) in [5.74, 6) is -114. The molecule has 11 rings (SSSR count). The summed E-state index contributed by atoms with van der Waals surface area (Å²) in [5, 5.41) is 10.1. The zero-order valence-electron chi connectivity index (χ0n) is 66.9. The molecule has 10 aromatic carbocycles. The first kappa shape index (κ1) is 109. The van der Waals surface area contributed by atoms with Gasteiger partial charge in [0.2, 0.25) is 0 Å². The Morgan fingerprint density at radius 3 is 0.833 bits per heavy atom. The monoisotopic (exact) mass is 2130 g/mol. The van der Waals surface area contributed by atoms with Crippen LogP contribution in [0.2, 0.25) is 0 Å². The van der Waals surface area contributed by atoms with Crippen LogP contribution in [-0.4, -0.2) is 43.4 Å². The topological polar surface area (TPSA) is 32.6 Å². The number of nitriles is 1. The molecular weight excluding hydrogens is 2070 g/mol. The minimum atomic E-state index is -7.64. The van der Waals surface area contributed by atoms with E-state index in [9.17, 15) is 0 Å². The second-order valence-corrected chi connectivity index (χ2v) is 36.7. The number of halogens is 36. The molecule has 0 amide bonds. The number of benzene rings is 10. The summed E-state index contributed by atoms with van der Waals surface area (Å²) >= 11 is 28.6. The van der Waals surface area contributed by atoms with Crippen molar-refractivity contribution in [1.82, 2.24) is 4.48 Å². The van der Waals surface area contributed by atoms with Crippen molar-refractivity contribution in [2.75, 3.05) is 16.0 Å². The summed E-state index contributed by atoms with van der Waals surface area (Å²) in [6.45, 7) is 30.1. The van der Waals surface area contributed by atoms with Crippen molar-refractivity contribution in [2.45, 2.75) is 118 Å². The Bertz CT molecular complexity index is 5160. The van der Waals surface area contributed by atoms with E-state index in [1.54, 1.807) is 11.4 Å². The molecule has 0 saturated carbocycles. The summed E-state index contributed by atoms with van der Waals surface area (Å²) in [6.07, 6.45) is -15.3. The fourth-order valence-electron chi connectivity index (χ4n) is 15.6. The molecule has 0 bridgehead atoms. The van der Waals surface area contributed by atoms with Crippen LogP contribution in [-0.2, 0) is 22.4 Å². The Labute approximate surface area is 747 Å². The molecule has 0 aliphatic carbocycles.